The summed E-state index contributed by atoms with van der Waals surface area (Å²) in [5.41, 5.74) is 0.615. The molecule has 0 aliphatic carbocycles. The van der Waals surface area contributed by atoms with Crippen molar-refractivity contribution >= 4 is 18.0 Å². The van der Waals surface area contributed by atoms with E-state index in [1.165, 1.54) is 11.8 Å². The largest absolute Gasteiger partial charge is 0.331 e. The van der Waals surface area contributed by atoms with Crippen LogP contribution < -0.4 is 0 Å². The number of hydrogen-bond acceptors (Lipinski definition) is 3. The number of nitrogens with zero attached hydrogens (tertiary/aromatic N) is 2. The van der Waals surface area contributed by atoms with Crippen LogP contribution in [0.2, 0.25) is 0 Å². The van der Waals surface area contributed by atoms with Gasteiger partial charge in [0.05, 0.1) is 6.33 Å². The van der Waals surface area contributed by atoms with E-state index in [4.69, 9.17) is 0 Å². The predicted molar refractivity (Wildman–Crippen MR) is 59.2 cm³/mol. The first-order chi connectivity index (χ1) is 7.31. The minimum absolute atomic E-state index is 0.615. The standard InChI is InChI=1S/C11H10N2OS/c1-13-8-12-11(10(13)7-14)15-9-5-3-2-4-6-9/h2-8H,1H3. The second-order valence-corrected chi connectivity index (χ2v) is 4.14. The minimum atomic E-state index is 0.615. The summed E-state index contributed by atoms with van der Waals surface area (Å²) in [5, 5.41) is 0.749. The minimum Gasteiger partial charge on any atom is -0.331 e. The van der Waals surface area contributed by atoms with E-state index in [1.807, 2.05) is 37.4 Å². The van der Waals surface area contributed by atoms with Gasteiger partial charge in [-0.15, -0.1) is 0 Å². The molecule has 0 atom stereocenters. The number of carbonyl (C=O) groups is 1. The van der Waals surface area contributed by atoms with Gasteiger partial charge in [0.15, 0.2) is 6.29 Å². The number of aryl methyl sites for hydroxylation is 1. The summed E-state index contributed by atoms with van der Waals surface area (Å²) in [7, 11) is 1.81. The molecular weight excluding hydrogens is 208 g/mol. The van der Waals surface area contributed by atoms with Gasteiger partial charge in [-0.1, -0.05) is 30.0 Å². The Morgan fingerprint density at radius 3 is 2.73 bits per heavy atom. The second-order valence-electron chi connectivity index (χ2n) is 3.08. The molecule has 76 valence electrons. The van der Waals surface area contributed by atoms with E-state index in [0.717, 1.165) is 16.2 Å². The van der Waals surface area contributed by atoms with Gasteiger partial charge < -0.3 is 4.57 Å². The van der Waals surface area contributed by atoms with Crippen molar-refractivity contribution in [3.63, 3.8) is 0 Å². The Morgan fingerprint density at radius 2 is 2.07 bits per heavy atom. The van der Waals surface area contributed by atoms with Crippen LogP contribution in [0.3, 0.4) is 0 Å². The number of benzene rings is 1. The molecule has 0 amide bonds. The molecule has 1 heterocycles. The van der Waals surface area contributed by atoms with E-state index in [-0.39, 0.29) is 0 Å². The zero-order valence-electron chi connectivity index (χ0n) is 8.25. The Labute approximate surface area is 92.1 Å². The molecule has 0 bridgehead atoms. The molecule has 2 aromatic rings. The molecule has 0 saturated heterocycles. The molecular formula is C11H10N2OS. The third kappa shape index (κ3) is 2.10. The highest BCUT2D eigenvalue weighted by Crippen LogP contribution is 2.27. The summed E-state index contributed by atoms with van der Waals surface area (Å²) in [6.45, 7) is 0. The van der Waals surface area contributed by atoms with Gasteiger partial charge in [-0.3, -0.25) is 4.79 Å². The molecule has 0 spiro atoms. The first kappa shape index (κ1) is 9.98. The molecule has 0 fully saturated rings. The summed E-state index contributed by atoms with van der Waals surface area (Å²) in [6.07, 6.45) is 2.48. The molecule has 0 aliphatic rings. The van der Waals surface area contributed by atoms with Gasteiger partial charge in [-0.05, 0) is 12.1 Å². The van der Waals surface area contributed by atoms with Crippen LogP contribution in [0.15, 0.2) is 46.6 Å². The van der Waals surface area contributed by atoms with E-state index >= 15 is 0 Å². The Bertz CT molecular complexity index is 465. The van der Waals surface area contributed by atoms with Crippen molar-refractivity contribution in [1.29, 1.82) is 0 Å². The van der Waals surface area contributed by atoms with Crippen LogP contribution >= 0.6 is 11.8 Å². The van der Waals surface area contributed by atoms with Crippen molar-refractivity contribution in [2.75, 3.05) is 0 Å². The van der Waals surface area contributed by atoms with Gasteiger partial charge in [-0.25, -0.2) is 4.98 Å². The summed E-state index contributed by atoms with van der Waals surface area (Å²) in [5.74, 6) is 0. The number of aldehydes is 1. The summed E-state index contributed by atoms with van der Waals surface area (Å²) in [4.78, 5) is 16.1. The van der Waals surface area contributed by atoms with E-state index in [9.17, 15) is 4.79 Å². The summed E-state index contributed by atoms with van der Waals surface area (Å²) < 4.78 is 1.72. The lowest BCUT2D eigenvalue weighted by molar-refractivity contribution is 0.111. The molecule has 1 aromatic heterocycles. The zero-order chi connectivity index (χ0) is 10.7. The second kappa shape index (κ2) is 4.31. The molecule has 0 aliphatic heterocycles. The van der Waals surface area contributed by atoms with Crippen LogP contribution in [0.1, 0.15) is 10.5 Å². The van der Waals surface area contributed by atoms with Crippen LogP contribution in [0.5, 0.6) is 0 Å². The third-order valence-electron chi connectivity index (χ3n) is 2.02. The molecule has 15 heavy (non-hydrogen) atoms. The van der Waals surface area contributed by atoms with E-state index in [2.05, 4.69) is 4.98 Å². The van der Waals surface area contributed by atoms with E-state index < -0.39 is 0 Å². The van der Waals surface area contributed by atoms with E-state index in [1.54, 1.807) is 10.9 Å². The van der Waals surface area contributed by atoms with Crippen LogP contribution in [-0.4, -0.2) is 15.8 Å². The topological polar surface area (TPSA) is 34.9 Å². The first-order valence-corrected chi connectivity index (χ1v) is 5.32. The smallest absolute Gasteiger partial charge is 0.169 e. The maximum Gasteiger partial charge on any atom is 0.169 e. The van der Waals surface area contributed by atoms with Crippen LogP contribution in [0.25, 0.3) is 0 Å². The average molecular weight is 218 g/mol. The van der Waals surface area contributed by atoms with Crippen LogP contribution in [0, 0.1) is 0 Å². The Balaban J connectivity index is 2.28. The molecule has 0 radical (unpaired) electrons. The number of imidazole rings is 1. The Kier molecular flexibility index (Phi) is 2.87. The van der Waals surface area contributed by atoms with Crippen LogP contribution in [0.4, 0.5) is 0 Å². The van der Waals surface area contributed by atoms with Gasteiger partial charge in [0, 0.05) is 11.9 Å². The summed E-state index contributed by atoms with van der Waals surface area (Å²) >= 11 is 1.50. The van der Waals surface area contributed by atoms with Gasteiger partial charge >= 0.3 is 0 Å². The lowest BCUT2D eigenvalue weighted by Gasteiger charge is -1.98. The monoisotopic (exact) mass is 218 g/mol. The van der Waals surface area contributed by atoms with Gasteiger partial charge in [-0.2, -0.15) is 0 Å². The lowest BCUT2D eigenvalue weighted by atomic mass is 10.4. The number of aromatic nitrogens is 2. The molecule has 1 aromatic carbocycles. The van der Waals surface area contributed by atoms with E-state index in [0.29, 0.717) is 5.69 Å². The highest BCUT2D eigenvalue weighted by atomic mass is 32.2. The third-order valence-corrected chi connectivity index (χ3v) is 3.03. The fourth-order valence-electron chi connectivity index (χ4n) is 1.23. The Hall–Kier alpha value is -1.55. The van der Waals surface area contributed by atoms with Crippen molar-refractivity contribution in [2.24, 2.45) is 7.05 Å². The van der Waals surface area contributed by atoms with Crippen molar-refractivity contribution in [1.82, 2.24) is 9.55 Å². The zero-order valence-corrected chi connectivity index (χ0v) is 9.07. The highest BCUT2D eigenvalue weighted by Gasteiger charge is 2.08. The summed E-state index contributed by atoms with van der Waals surface area (Å²) in [6, 6.07) is 9.88. The normalized spacial score (nSPS) is 10.2. The quantitative estimate of drug-likeness (QED) is 0.742. The van der Waals surface area contributed by atoms with Crippen molar-refractivity contribution in [3.05, 3.63) is 42.4 Å². The lowest BCUT2D eigenvalue weighted by Crippen LogP contribution is -1.93. The fraction of sp³-hybridized carbons (Fsp3) is 0.0909. The maximum absolute atomic E-state index is 10.8. The molecule has 3 nitrogen and oxygen atoms in total. The average Bonchev–Trinajstić information content (AvgIpc) is 2.61. The molecule has 2 rings (SSSR count). The first-order valence-electron chi connectivity index (χ1n) is 4.50. The van der Waals surface area contributed by atoms with Crippen LogP contribution in [-0.2, 0) is 7.05 Å². The molecule has 0 N–H and O–H groups in total. The molecule has 0 unspecified atom stereocenters. The van der Waals surface area contributed by atoms with Crippen molar-refractivity contribution in [2.45, 2.75) is 9.92 Å². The predicted octanol–water partition coefficient (Wildman–Crippen LogP) is 2.38. The van der Waals surface area contributed by atoms with Gasteiger partial charge in [0.25, 0.3) is 0 Å². The number of rotatable bonds is 3. The molecule has 4 heteroatoms. The SMILES string of the molecule is Cn1cnc(Sc2ccccc2)c1C=O. The van der Waals surface area contributed by atoms with Crippen molar-refractivity contribution < 1.29 is 4.79 Å². The van der Waals surface area contributed by atoms with Gasteiger partial charge in [0.1, 0.15) is 10.7 Å². The highest BCUT2D eigenvalue weighted by molar-refractivity contribution is 7.99. The maximum atomic E-state index is 10.8. The number of carbonyl (C=O) groups excluding carboxylic acids is 1. The van der Waals surface area contributed by atoms with Gasteiger partial charge in [0.2, 0.25) is 0 Å². The van der Waals surface area contributed by atoms with Crippen molar-refractivity contribution in [3.8, 4) is 0 Å². The number of hydrogen-bond donors (Lipinski definition) is 0. The molecule has 0 saturated carbocycles. The Morgan fingerprint density at radius 1 is 1.33 bits per heavy atom. The fourth-order valence-corrected chi connectivity index (χ4v) is 2.14.